The summed E-state index contributed by atoms with van der Waals surface area (Å²) in [6.07, 6.45) is 0. The molecule has 0 atom stereocenters. The van der Waals surface area contributed by atoms with Crippen molar-refractivity contribution in [3.8, 4) is 0 Å². The lowest BCUT2D eigenvalue weighted by molar-refractivity contribution is -0.0463. The maximum atomic E-state index is 6.21. The van der Waals surface area contributed by atoms with E-state index in [1.165, 1.54) is 0 Å². The minimum absolute atomic E-state index is 0.0449. The highest BCUT2D eigenvalue weighted by atomic mass is 35.5. The van der Waals surface area contributed by atoms with Gasteiger partial charge in [-0.3, -0.25) is 0 Å². The predicted octanol–water partition coefficient (Wildman–Crippen LogP) is 2.60. The van der Waals surface area contributed by atoms with Gasteiger partial charge in [-0.05, 0) is 10.8 Å². The smallest absolute Gasteiger partial charge is 0.145 e. The Morgan fingerprint density at radius 1 is 1.00 bits per heavy atom. The maximum Gasteiger partial charge on any atom is 0.145 e. The summed E-state index contributed by atoms with van der Waals surface area (Å²) in [5.41, 5.74) is 0.373. The van der Waals surface area contributed by atoms with Gasteiger partial charge in [0.25, 0.3) is 0 Å². The monoisotopic (exact) mass is 236 g/mol. The Morgan fingerprint density at radius 2 is 1.36 bits per heavy atom. The summed E-state index contributed by atoms with van der Waals surface area (Å²) < 4.78 is 5.51. The molecule has 0 fully saturated rings. The molecule has 86 valence electrons. The molecule has 14 heavy (non-hydrogen) atoms. The summed E-state index contributed by atoms with van der Waals surface area (Å²) >= 11 is 6.21. The molecule has 0 aliphatic heterocycles. The number of halogens is 1. The van der Waals surface area contributed by atoms with Crippen molar-refractivity contribution in [1.29, 1.82) is 0 Å². The molecule has 0 N–H and O–H groups in total. The first kappa shape index (κ1) is 14.5. The van der Waals surface area contributed by atoms with Gasteiger partial charge in [-0.15, -0.1) is 11.6 Å². The Morgan fingerprint density at radius 3 is 1.43 bits per heavy atom. The summed E-state index contributed by atoms with van der Waals surface area (Å²) in [7, 11) is 0.783. The largest absolute Gasteiger partial charge is 0.427 e. The van der Waals surface area contributed by atoms with E-state index in [9.17, 15) is 0 Å². The van der Waals surface area contributed by atoms with E-state index in [-0.39, 0.29) is 16.2 Å². The lowest BCUT2D eigenvalue weighted by atomic mass is 9.55. The van der Waals surface area contributed by atoms with Gasteiger partial charge in [0.05, 0.1) is 0 Å². The molecule has 0 rings (SSSR count). The van der Waals surface area contributed by atoms with E-state index in [4.69, 9.17) is 16.0 Å². The number of alkyl halides is 1. The Balaban J connectivity index is 5.21. The standard InChI is InChI=1S/C11H25ClOSi/c1-9(2,3)11(7-12,8-13-14)10(4,5)6/h7-8H2,1-6,14H3. The Bertz CT molecular complexity index is 165. The lowest BCUT2D eigenvalue weighted by Gasteiger charge is -2.52. The molecule has 0 aromatic carbocycles. The highest BCUT2D eigenvalue weighted by Crippen LogP contribution is 2.52. The lowest BCUT2D eigenvalue weighted by Crippen LogP contribution is -2.51. The Kier molecular flexibility index (Phi) is 4.69. The van der Waals surface area contributed by atoms with E-state index in [1.54, 1.807) is 0 Å². The van der Waals surface area contributed by atoms with Crippen LogP contribution in [0.15, 0.2) is 0 Å². The Hall–Kier alpha value is 0.467. The fraction of sp³-hybridized carbons (Fsp3) is 1.00. The van der Waals surface area contributed by atoms with Gasteiger partial charge in [0, 0.05) is 17.9 Å². The molecule has 0 radical (unpaired) electrons. The van der Waals surface area contributed by atoms with Crippen molar-refractivity contribution >= 4 is 22.1 Å². The van der Waals surface area contributed by atoms with Crippen LogP contribution < -0.4 is 0 Å². The molecule has 1 nitrogen and oxygen atoms in total. The first-order chi connectivity index (χ1) is 6.12. The molecule has 0 unspecified atom stereocenters. The third-order valence-electron chi connectivity index (χ3n) is 3.49. The molecule has 0 heterocycles. The Labute approximate surface area is 97.1 Å². The van der Waals surface area contributed by atoms with Crippen LogP contribution in [0, 0.1) is 16.2 Å². The van der Waals surface area contributed by atoms with E-state index < -0.39 is 0 Å². The van der Waals surface area contributed by atoms with Crippen LogP contribution in [0.5, 0.6) is 0 Å². The minimum Gasteiger partial charge on any atom is -0.427 e. The minimum atomic E-state index is 0.0449. The molecule has 0 saturated carbocycles. The molecule has 3 heteroatoms. The molecule has 0 spiro atoms. The van der Waals surface area contributed by atoms with Crippen molar-refractivity contribution in [3.63, 3.8) is 0 Å². The molecule has 0 aromatic heterocycles. The van der Waals surface area contributed by atoms with Crippen LogP contribution in [-0.2, 0) is 4.43 Å². The van der Waals surface area contributed by atoms with Crippen LogP contribution in [-0.4, -0.2) is 23.0 Å². The second-order valence-corrected chi connectivity index (χ2v) is 6.99. The second-order valence-electron chi connectivity index (χ2n) is 6.15. The summed E-state index contributed by atoms with van der Waals surface area (Å²) in [5.74, 6) is 0.655. The molecule has 0 aliphatic carbocycles. The number of hydrogen-bond donors (Lipinski definition) is 0. The van der Waals surface area contributed by atoms with Crippen molar-refractivity contribution in [2.75, 3.05) is 12.5 Å². The first-order valence-electron chi connectivity index (χ1n) is 5.17. The van der Waals surface area contributed by atoms with Crippen molar-refractivity contribution in [2.45, 2.75) is 41.5 Å². The predicted molar refractivity (Wildman–Crippen MR) is 68.0 cm³/mol. The molecule has 0 aromatic rings. The van der Waals surface area contributed by atoms with Crippen LogP contribution in [0.4, 0.5) is 0 Å². The molecule has 0 saturated heterocycles. The summed E-state index contributed by atoms with van der Waals surface area (Å²) in [6.45, 7) is 14.3. The van der Waals surface area contributed by atoms with Gasteiger partial charge in [-0.25, -0.2) is 0 Å². The summed E-state index contributed by atoms with van der Waals surface area (Å²) in [4.78, 5) is 0. The summed E-state index contributed by atoms with van der Waals surface area (Å²) in [5, 5.41) is 0. The quantitative estimate of drug-likeness (QED) is 0.541. The average Bonchev–Trinajstić information content (AvgIpc) is 1.94. The normalized spacial score (nSPS) is 14.8. The average molecular weight is 237 g/mol. The fourth-order valence-corrected chi connectivity index (χ4v) is 3.62. The van der Waals surface area contributed by atoms with Gasteiger partial charge in [-0.2, -0.15) is 0 Å². The van der Waals surface area contributed by atoms with Crippen LogP contribution in [0.1, 0.15) is 41.5 Å². The number of hydrogen-bond acceptors (Lipinski definition) is 1. The molecule has 0 aliphatic rings. The van der Waals surface area contributed by atoms with Crippen molar-refractivity contribution < 1.29 is 4.43 Å². The highest BCUT2D eigenvalue weighted by molar-refractivity contribution is 6.18. The topological polar surface area (TPSA) is 9.23 Å². The fourth-order valence-electron chi connectivity index (χ4n) is 2.24. The zero-order valence-corrected chi connectivity index (χ0v) is 13.5. The number of rotatable bonds is 3. The molecule has 0 bridgehead atoms. The van der Waals surface area contributed by atoms with Crippen LogP contribution in [0.3, 0.4) is 0 Å². The van der Waals surface area contributed by atoms with E-state index in [2.05, 4.69) is 41.5 Å². The molecule has 0 amide bonds. The van der Waals surface area contributed by atoms with Gasteiger partial charge < -0.3 is 4.43 Å². The third kappa shape index (κ3) is 2.53. The highest BCUT2D eigenvalue weighted by Gasteiger charge is 2.49. The van der Waals surface area contributed by atoms with Crippen molar-refractivity contribution in [3.05, 3.63) is 0 Å². The zero-order chi connectivity index (χ0) is 11.6. The van der Waals surface area contributed by atoms with E-state index >= 15 is 0 Å². The van der Waals surface area contributed by atoms with Crippen molar-refractivity contribution in [1.82, 2.24) is 0 Å². The van der Waals surface area contributed by atoms with E-state index in [0.29, 0.717) is 5.88 Å². The maximum absolute atomic E-state index is 6.21. The van der Waals surface area contributed by atoms with E-state index in [1.807, 2.05) is 0 Å². The molecular formula is C11H25ClOSi. The van der Waals surface area contributed by atoms with Gasteiger partial charge >= 0.3 is 0 Å². The first-order valence-corrected chi connectivity index (χ1v) is 6.52. The van der Waals surface area contributed by atoms with Crippen LogP contribution >= 0.6 is 11.6 Å². The SMILES string of the molecule is CC(C)(C)C(CCl)(CO[SiH3])C(C)(C)C. The van der Waals surface area contributed by atoms with Crippen LogP contribution in [0.2, 0.25) is 0 Å². The second kappa shape index (κ2) is 4.54. The zero-order valence-electron chi connectivity index (χ0n) is 10.7. The van der Waals surface area contributed by atoms with Crippen LogP contribution in [0.25, 0.3) is 0 Å². The van der Waals surface area contributed by atoms with Gasteiger partial charge in [0.1, 0.15) is 10.5 Å². The van der Waals surface area contributed by atoms with Crippen molar-refractivity contribution in [2.24, 2.45) is 16.2 Å². The van der Waals surface area contributed by atoms with Gasteiger partial charge in [-0.1, -0.05) is 41.5 Å². The third-order valence-corrected chi connectivity index (χ3v) is 4.24. The van der Waals surface area contributed by atoms with E-state index in [0.717, 1.165) is 17.1 Å². The van der Waals surface area contributed by atoms with Gasteiger partial charge in [0.2, 0.25) is 0 Å². The summed E-state index contributed by atoms with van der Waals surface area (Å²) in [6, 6.07) is 0. The molecular weight excluding hydrogens is 212 g/mol. The van der Waals surface area contributed by atoms with Gasteiger partial charge in [0.15, 0.2) is 0 Å².